The van der Waals surface area contributed by atoms with E-state index in [-0.39, 0.29) is 0 Å². The molecule has 0 unspecified atom stereocenters. The molecule has 0 aromatic rings. The summed E-state index contributed by atoms with van der Waals surface area (Å²) < 4.78 is 0. The zero-order valence-corrected chi connectivity index (χ0v) is 3.09. The second-order valence-electron chi connectivity index (χ2n) is 0.624. The summed E-state index contributed by atoms with van der Waals surface area (Å²) in [6, 6.07) is 0. The molecular weight excluding hydrogens is 82.0 g/mol. The van der Waals surface area contributed by atoms with Gasteiger partial charge in [0.2, 0.25) is 0 Å². The Kier molecular flexibility index (Phi) is 3.59. The van der Waals surface area contributed by atoms with Gasteiger partial charge in [0.1, 0.15) is 6.29 Å². The highest BCUT2D eigenvalue weighted by Gasteiger charge is 1.55. The molecule has 0 aromatic heterocycles. The first kappa shape index (κ1) is 5.17. The molecule has 0 aliphatic rings. The highest BCUT2D eigenvalue weighted by molar-refractivity contribution is 5.64. The van der Waals surface area contributed by atoms with Crippen LogP contribution in [0, 0.1) is 0 Å². The van der Waals surface area contributed by atoms with Crippen LogP contribution in [-0.4, -0.2) is 11.5 Å². The molecule has 0 fully saturated rings. The van der Waals surface area contributed by atoms with Gasteiger partial charge in [-0.1, -0.05) is 0 Å². The van der Waals surface area contributed by atoms with Crippen molar-refractivity contribution in [2.75, 3.05) is 0 Å². The minimum atomic E-state index is 0.559. The summed E-state index contributed by atoms with van der Waals surface area (Å²) in [4.78, 5) is 9.33. The Morgan fingerprint density at radius 1 is 1.67 bits per heavy atom. The number of allylic oxidation sites excluding steroid dienone is 1. The maximum Gasteiger partial charge on any atom is 0.144 e. The standard InChI is InChI=1S/C3H5NO2/c5-3-1-2-4-6/h1-4,6H. The number of carbonyl (C=O) groups excluding carboxylic acids is 1. The molecule has 0 aliphatic heterocycles. The van der Waals surface area contributed by atoms with Crippen molar-refractivity contribution < 1.29 is 10.0 Å². The van der Waals surface area contributed by atoms with Gasteiger partial charge in [-0.05, 0) is 6.08 Å². The van der Waals surface area contributed by atoms with Gasteiger partial charge in [0, 0.05) is 6.20 Å². The molecule has 0 bridgehead atoms. The predicted molar refractivity (Wildman–Crippen MR) is 20.1 cm³/mol. The van der Waals surface area contributed by atoms with Crippen molar-refractivity contribution in [1.29, 1.82) is 0 Å². The number of rotatable bonds is 2. The summed E-state index contributed by atoms with van der Waals surface area (Å²) in [7, 11) is 0. The number of hydrogen-bond donors (Lipinski definition) is 2. The molecule has 0 rings (SSSR count). The molecule has 2 N–H and O–H groups in total. The van der Waals surface area contributed by atoms with Gasteiger partial charge in [-0.15, -0.1) is 0 Å². The molecule has 3 nitrogen and oxygen atoms in total. The van der Waals surface area contributed by atoms with E-state index in [0.29, 0.717) is 6.29 Å². The van der Waals surface area contributed by atoms with Gasteiger partial charge in [-0.3, -0.25) is 15.5 Å². The Balaban J connectivity index is 2.94. The summed E-state index contributed by atoms with van der Waals surface area (Å²) in [6.45, 7) is 0. The van der Waals surface area contributed by atoms with Crippen molar-refractivity contribution in [2.24, 2.45) is 0 Å². The third kappa shape index (κ3) is 3.17. The highest BCUT2D eigenvalue weighted by Crippen LogP contribution is 1.51. The summed E-state index contributed by atoms with van der Waals surface area (Å²) in [6.07, 6.45) is 2.82. The molecule has 0 saturated carbocycles. The van der Waals surface area contributed by atoms with Crippen LogP contribution >= 0.6 is 0 Å². The van der Waals surface area contributed by atoms with Crippen molar-refractivity contribution in [1.82, 2.24) is 5.48 Å². The van der Waals surface area contributed by atoms with E-state index in [9.17, 15) is 4.79 Å². The summed E-state index contributed by atoms with van der Waals surface area (Å²) in [5.74, 6) is 0. The maximum absolute atomic E-state index is 9.33. The monoisotopic (exact) mass is 87.0 g/mol. The molecule has 0 spiro atoms. The van der Waals surface area contributed by atoms with E-state index in [1.54, 1.807) is 5.48 Å². The van der Waals surface area contributed by atoms with Crippen LogP contribution in [0.4, 0.5) is 0 Å². The van der Waals surface area contributed by atoms with Crippen LogP contribution < -0.4 is 5.48 Å². The lowest BCUT2D eigenvalue weighted by atomic mass is 10.7. The zero-order chi connectivity index (χ0) is 4.83. The topological polar surface area (TPSA) is 49.3 Å². The summed E-state index contributed by atoms with van der Waals surface area (Å²) >= 11 is 0. The van der Waals surface area contributed by atoms with Crippen molar-refractivity contribution in [2.45, 2.75) is 0 Å². The number of aldehydes is 1. The molecule has 34 valence electrons. The van der Waals surface area contributed by atoms with Gasteiger partial charge in [0.15, 0.2) is 0 Å². The highest BCUT2D eigenvalue weighted by atomic mass is 16.5. The average molecular weight is 87.1 g/mol. The molecule has 0 aromatic carbocycles. The van der Waals surface area contributed by atoms with Crippen molar-refractivity contribution in [3.8, 4) is 0 Å². The van der Waals surface area contributed by atoms with Gasteiger partial charge in [-0.25, -0.2) is 0 Å². The molecule has 0 radical (unpaired) electrons. The third-order valence-electron chi connectivity index (χ3n) is 0.249. The van der Waals surface area contributed by atoms with E-state index >= 15 is 0 Å². The van der Waals surface area contributed by atoms with Crippen molar-refractivity contribution >= 4 is 6.29 Å². The Bertz CT molecular complexity index is 59.8. The first-order chi connectivity index (χ1) is 2.91. The number of hydroxylamine groups is 1. The van der Waals surface area contributed by atoms with E-state index in [0.717, 1.165) is 12.3 Å². The maximum atomic E-state index is 9.33. The normalized spacial score (nSPS) is 8.83. The molecule has 0 heterocycles. The Morgan fingerprint density at radius 3 is 2.50 bits per heavy atom. The van der Waals surface area contributed by atoms with Crippen molar-refractivity contribution in [3.63, 3.8) is 0 Å². The SMILES string of the molecule is O=CC=CNO. The summed E-state index contributed by atoms with van der Waals surface area (Å²) in [5, 5.41) is 7.70. The largest absolute Gasteiger partial charge is 0.299 e. The minimum absolute atomic E-state index is 0.559. The first-order valence-electron chi connectivity index (χ1n) is 1.41. The Hall–Kier alpha value is -0.830. The smallest absolute Gasteiger partial charge is 0.144 e. The van der Waals surface area contributed by atoms with Crippen LogP contribution in [0.2, 0.25) is 0 Å². The fourth-order valence-electron chi connectivity index (χ4n) is 0.0823. The molecule has 3 heteroatoms. The van der Waals surface area contributed by atoms with Gasteiger partial charge in [0.25, 0.3) is 0 Å². The fourth-order valence-corrected chi connectivity index (χ4v) is 0.0823. The van der Waals surface area contributed by atoms with E-state index < -0.39 is 0 Å². The van der Waals surface area contributed by atoms with E-state index in [1.807, 2.05) is 0 Å². The van der Waals surface area contributed by atoms with Crippen LogP contribution in [0.5, 0.6) is 0 Å². The zero-order valence-electron chi connectivity index (χ0n) is 3.09. The second-order valence-corrected chi connectivity index (χ2v) is 0.624. The predicted octanol–water partition coefficient (Wildman–Crippen LogP) is -0.322. The van der Waals surface area contributed by atoms with Gasteiger partial charge in [0.05, 0.1) is 0 Å². The molecule has 6 heavy (non-hydrogen) atoms. The minimum Gasteiger partial charge on any atom is -0.299 e. The van der Waals surface area contributed by atoms with E-state index in [4.69, 9.17) is 5.21 Å². The molecular formula is C3H5NO2. The van der Waals surface area contributed by atoms with Crippen molar-refractivity contribution in [3.05, 3.63) is 12.3 Å². The fraction of sp³-hybridized carbons (Fsp3) is 0. The second kappa shape index (κ2) is 4.17. The molecule has 0 amide bonds. The van der Waals surface area contributed by atoms with Gasteiger partial charge in [-0.2, -0.15) is 0 Å². The summed E-state index contributed by atoms with van der Waals surface area (Å²) in [5.41, 5.74) is 1.66. The lowest BCUT2D eigenvalue weighted by Gasteiger charge is -1.74. The van der Waals surface area contributed by atoms with Crippen LogP contribution in [0.15, 0.2) is 12.3 Å². The van der Waals surface area contributed by atoms with Crippen LogP contribution in [0.3, 0.4) is 0 Å². The first-order valence-corrected chi connectivity index (χ1v) is 1.41. The molecule has 0 atom stereocenters. The Morgan fingerprint density at radius 2 is 2.33 bits per heavy atom. The number of hydrogen-bond acceptors (Lipinski definition) is 3. The van der Waals surface area contributed by atoms with Crippen LogP contribution in [-0.2, 0) is 4.79 Å². The van der Waals surface area contributed by atoms with Gasteiger partial charge >= 0.3 is 0 Å². The van der Waals surface area contributed by atoms with Crippen LogP contribution in [0.1, 0.15) is 0 Å². The Labute approximate surface area is 35.2 Å². The van der Waals surface area contributed by atoms with E-state index in [1.165, 1.54) is 0 Å². The third-order valence-corrected chi connectivity index (χ3v) is 0.249. The number of nitrogens with one attached hydrogen (secondary N) is 1. The quantitative estimate of drug-likeness (QED) is 0.275. The number of carbonyl (C=O) groups is 1. The van der Waals surface area contributed by atoms with Gasteiger partial charge < -0.3 is 0 Å². The average Bonchev–Trinajstić information content (AvgIpc) is 1.61. The lowest BCUT2D eigenvalue weighted by Crippen LogP contribution is -1.91. The van der Waals surface area contributed by atoms with E-state index in [2.05, 4.69) is 0 Å². The van der Waals surface area contributed by atoms with Crippen LogP contribution in [0.25, 0.3) is 0 Å². The molecule has 0 aliphatic carbocycles. The lowest BCUT2D eigenvalue weighted by molar-refractivity contribution is -0.104. The molecule has 0 saturated heterocycles.